The van der Waals surface area contributed by atoms with Gasteiger partial charge < -0.3 is 5.32 Å². The van der Waals surface area contributed by atoms with E-state index in [4.69, 9.17) is 0 Å². The van der Waals surface area contributed by atoms with Crippen molar-refractivity contribution < 1.29 is 0 Å². The molecule has 0 aromatic heterocycles. The Labute approximate surface area is 118 Å². The number of aryl methyl sites for hydroxylation is 2. The van der Waals surface area contributed by atoms with Crippen LogP contribution in [0.25, 0.3) is 0 Å². The molecule has 0 aliphatic heterocycles. The van der Waals surface area contributed by atoms with E-state index in [0.29, 0.717) is 12.1 Å². The highest BCUT2D eigenvalue weighted by atomic mass is 14.9. The third-order valence-electron chi connectivity index (χ3n) is 4.76. The molecule has 0 amide bonds. The molecule has 0 bridgehead atoms. The van der Waals surface area contributed by atoms with E-state index in [1.165, 1.54) is 48.8 Å². The summed E-state index contributed by atoms with van der Waals surface area (Å²) in [6.45, 7) is 9.07. The lowest BCUT2D eigenvalue weighted by Gasteiger charge is -2.31. The van der Waals surface area contributed by atoms with E-state index in [2.05, 4.69) is 51.2 Å². The van der Waals surface area contributed by atoms with Crippen LogP contribution < -0.4 is 5.32 Å². The Bertz CT molecular complexity index is 404. The lowest BCUT2D eigenvalue weighted by atomic mass is 9.84. The Balaban J connectivity index is 1.97. The molecule has 0 saturated heterocycles. The highest BCUT2D eigenvalue weighted by molar-refractivity contribution is 5.32. The van der Waals surface area contributed by atoms with Crippen molar-refractivity contribution in [3.8, 4) is 0 Å². The van der Waals surface area contributed by atoms with Gasteiger partial charge in [0.05, 0.1) is 0 Å². The number of rotatable bonds is 4. The molecule has 2 atom stereocenters. The molecule has 1 nitrogen and oxygen atoms in total. The molecule has 1 fully saturated rings. The van der Waals surface area contributed by atoms with Gasteiger partial charge in [0, 0.05) is 12.1 Å². The van der Waals surface area contributed by atoms with Gasteiger partial charge in [0.15, 0.2) is 0 Å². The van der Waals surface area contributed by atoms with Crippen LogP contribution >= 0.6 is 0 Å². The highest BCUT2D eigenvalue weighted by Crippen LogP contribution is 2.28. The Hall–Kier alpha value is -0.820. The molecule has 1 heteroatoms. The van der Waals surface area contributed by atoms with Crippen LogP contribution in [0, 0.1) is 19.8 Å². The summed E-state index contributed by atoms with van der Waals surface area (Å²) in [5.41, 5.74) is 4.22. The molecule has 0 heterocycles. The predicted octanol–water partition coefficient (Wildman–Crippen LogP) is 4.92. The maximum absolute atomic E-state index is 3.83. The van der Waals surface area contributed by atoms with Crippen LogP contribution in [0.15, 0.2) is 18.2 Å². The average molecular weight is 259 g/mol. The average Bonchev–Trinajstić information content (AvgIpc) is 2.39. The third kappa shape index (κ3) is 3.82. The van der Waals surface area contributed by atoms with Gasteiger partial charge in [-0.05, 0) is 57.6 Å². The topological polar surface area (TPSA) is 12.0 Å². The summed E-state index contributed by atoms with van der Waals surface area (Å²) in [5, 5.41) is 3.83. The fraction of sp³-hybridized carbons (Fsp3) is 0.667. The molecular weight excluding hydrogens is 230 g/mol. The van der Waals surface area contributed by atoms with Gasteiger partial charge >= 0.3 is 0 Å². The lowest BCUT2D eigenvalue weighted by Crippen LogP contribution is -2.36. The summed E-state index contributed by atoms with van der Waals surface area (Å²) in [6, 6.07) is 7.90. The summed E-state index contributed by atoms with van der Waals surface area (Å²) in [6.07, 6.45) is 7.11. The minimum Gasteiger partial charge on any atom is -0.307 e. The largest absolute Gasteiger partial charge is 0.307 e. The Morgan fingerprint density at radius 1 is 1.05 bits per heavy atom. The van der Waals surface area contributed by atoms with Gasteiger partial charge in [-0.2, -0.15) is 0 Å². The molecule has 1 N–H and O–H groups in total. The molecule has 1 aliphatic rings. The SMILES string of the molecule is Cc1ccc(C(C)NC(C)C2CCCCC2)c(C)c1. The third-order valence-corrected chi connectivity index (χ3v) is 4.76. The quantitative estimate of drug-likeness (QED) is 0.809. The molecule has 106 valence electrons. The van der Waals surface area contributed by atoms with E-state index in [1.54, 1.807) is 0 Å². The molecule has 1 saturated carbocycles. The Morgan fingerprint density at radius 2 is 1.74 bits per heavy atom. The first-order valence-electron chi connectivity index (χ1n) is 7.91. The van der Waals surface area contributed by atoms with Crippen molar-refractivity contribution in [2.24, 2.45) is 5.92 Å². The second-order valence-electron chi connectivity index (χ2n) is 6.44. The first kappa shape index (κ1) is 14.6. The summed E-state index contributed by atoms with van der Waals surface area (Å²) in [4.78, 5) is 0. The number of hydrogen-bond acceptors (Lipinski definition) is 1. The molecule has 1 aliphatic carbocycles. The highest BCUT2D eigenvalue weighted by Gasteiger charge is 2.21. The number of hydrogen-bond donors (Lipinski definition) is 1. The van der Waals surface area contributed by atoms with E-state index < -0.39 is 0 Å². The zero-order chi connectivity index (χ0) is 13.8. The summed E-state index contributed by atoms with van der Waals surface area (Å²) < 4.78 is 0. The van der Waals surface area contributed by atoms with Gasteiger partial charge in [-0.15, -0.1) is 0 Å². The van der Waals surface area contributed by atoms with Crippen molar-refractivity contribution in [3.63, 3.8) is 0 Å². The van der Waals surface area contributed by atoms with Gasteiger partial charge in [-0.3, -0.25) is 0 Å². The van der Waals surface area contributed by atoms with Crippen molar-refractivity contribution >= 4 is 0 Å². The second kappa shape index (κ2) is 6.56. The van der Waals surface area contributed by atoms with Gasteiger partial charge in [0.1, 0.15) is 0 Å². The fourth-order valence-corrected chi connectivity index (χ4v) is 3.57. The van der Waals surface area contributed by atoms with E-state index in [-0.39, 0.29) is 0 Å². The van der Waals surface area contributed by atoms with Crippen LogP contribution in [0.3, 0.4) is 0 Å². The maximum atomic E-state index is 3.83. The van der Waals surface area contributed by atoms with Crippen molar-refractivity contribution in [1.82, 2.24) is 5.32 Å². The second-order valence-corrected chi connectivity index (χ2v) is 6.44. The van der Waals surface area contributed by atoms with E-state index in [1.807, 2.05) is 0 Å². The van der Waals surface area contributed by atoms with Crippen LogP contribution in [0.4, 0.5) is 0 Å². The summed E-state index contributed by atoms with van der Waals surface area (Å²) in [5.74, 6) is 0.877. The van der Waals surface area contributed by atoms with Crippen LogP contribution in [0.5, 0.6) is 0 Å². The van der Waals surface area contributed by atoms with E-state index >= 15 is 0 Å². The Kier molecular flexibility index (Phi) is 5.04. The molecule has 1 aromatic rings. The predicted molar refractivity (Wildman–Crippen MR) is 83.5 cm³/mol. The van der Waals surface area contributed by atoms with E-state index in [0.717, 1.165) is 5.92 Å². The molecule has 2 unspecified atom stereocenters. The fourth-order valence-electron chi connectivity index (χ4n) is 3.57. The van der Waals surface area contributed by atoms with Crippen molar-refractivity contribution in [2.45, 2.75) is 71.9 Å². The van der Waals surface area contributed by atoms with Crippen molar-refractivity contribution in [2.75, 3.05) is 0 Å². The van der Waals surface area contributed by atoms with Crippen LogP contribution in [0.1, 0.15) is 68.7 Å². The summed E-state index contributed by atoms with van der Waals surface area (Å²) >= 11 is 0. The van der Waals surface area contributed by atoms with Gasteiger partial charge in [0.2, 0.25) is 0 Å². The molecule has 0 radical (unpaired) electrons. The monoisotopic (exact) mass is 259 g/mol. The minimum absolute atomic E-state index is 0.456. The van der Waals surface area contributed by atoms with Gasteiger partial charge in [-0.1, -0.05) is 43.0 Å². The van der Waals surface area contributed by atoms with Crippen LogP contribution in [-0.4, -0.2) is 6.04 Å². The lowest BCUT2D eigenvalue weighted by molar-refractivity contribution is 0.268. The van der Waals surface area contributed by atoms with Gasteiger partial charge in [-0.25, -0.2) is 0 Å². The maximum Gasteiger partial charge on any atom is 0.0296 e. The molecular formula is C18H29N. The standard InChI is InChI=1S/C18H29N/c1-13-10-11-18(14(2)12-13)16(4)19-15(3)17-8-6-5-7-9-17/h10-12,15-17,19H,5-9H2,1-4H3. The zero-order valence-electron chi connectivity index (χ0n) is 13.0. The summed E-state index contributed by atoms with van der Waals surface area (Å²) in [7, 11) is 0. The normalized spacial score (nSPS) is 20.2. The Morgan fingerprint density at radius 3 is 2.37 bits per heavy atom. The molecule has 1 aromatic carbocycles. The first-order chi connectivity index (χ1) is 9.08. The molecule has 0 spiro atoms. The number of benzene rings is 1. The van der Waals surface area contributed by atoms with E-state index in [9.17, 15) is 0 Å². The van der Waals surface area contributed by atoms with Crippen molar-refractivity contribution in [1.29, 1.82) is 0 Å². The van der Waals surface area contributed by atoms with Crippen LogP contribution in [0.2, 0.25) is 0 Å². The van der Waals surface area contributed by atoms with Gasteiger partial charge in [0.25, 0.3) is 0 Å². The first-order valence-corrected chi connectivity index (χ1v) is 7.91. The van der Waals surface area contributed by atoms with Crippen molar-refractivity contribution in [3.05, 3.63) is 34.9 Å². The minimum atomic E-state index is 0.456. The smallest absolute Gasteiger partial charge is 0.0296 e. The molecule has 19 heavy (non-hydrogen) atoms. The number of nitrogens with one attached hydrogen (secondary N) is 1. The zero-order valence-corrected chi connectivity index (χ0v) is 13.0. The van der Waals surface area contributed by atoms with Crippen LogP contribution in [-0.2, 0) is 0 Å². The molecule has 2 rings (SSSR count).